The molecule has 1 aromatic rings. The van der Waals surface area contributed by atoms with Crippen molar-refractivity contribution in [2.45, 2.75) is 52.8 Å². The maximum atomic E-state index is 12.2. The van der Waals surface area contributed by atoms with Crippen LogP contribution >= 0.6 is 0 Å². The normalized spacial score (nSPS) is 12.6. The summed E-state index contributed by atoms with van der Waals surface area (Å²) in [6, 6.07) is 8.23. The predicted molar refractivity (Wildman–Crippen MR) is 90.9 cm³/mol. The number of benzene rings is 1. The van der Waals surface area contributed by atoms with Gasteiger partial charge in [-0.3, -0.25) is 0 Å². The summed E-state index contributed by atoms with van der Waals surface area (Å²) in [7, 11) is 0. The molecule has 1 unspecified atom stereocenters. The summed E-state index contributed by atoms with van der Waals surface area (Å²) in [6.45, 7) is 11.3. The number of nitrogens with one attached hydrogen (secondary N) is 1. The molecule has 1 aromatic carbocycles. The maximum Gasteiger partial charge on any atom is 0.410 e. The lowest BCUT2D eigenvalue weighted by Crippen LogP contribution is -2.36. The van der Waals surface area contributed by atoms with Gasteiger partial charge < -0.3 is 20.7 Å². The van der Waals surface area contributed by atoms with Crippen LogP contribution in [0, 0.1) is 0 Å². The zero-order valence-electron chi connectivity index (χ0n) is 14.3. The van der Waals surface area contributed by atoms with Crippen LogP contribution in [0.25, 0.3) is 0 Å². The monoisotopic (exact) mass is 307 g/mol. The number of anilines is 1. The molecule has 0 radical (unpaired) electrons. The molecule has 1 amide bonds. The first-order chi connectivity index (χ1) is 10.2. The van der Waals surface area contributed by atoms with Crippen LogP contribution in [-0.4, -0.2) is 35.7 Å². The molecule has 0 aliphatic heterocycles. The molecule has 124 valence electrons. The zero-order valence-corrected chi connectivity index (χ0v) is 14.3. The lowest BCUT2D eigenvalue weighted by Gasteiger charge is -2.26. The highest BCUT2D eigenvalue weighted by Gasteiger charge is 2.21. The number of carbonyl (C=O) groups excluding carboxylic acids is 1. The number of carbonyl (C=O) groups is 1. The van der Waals surface area contributed by atoms with E-state index in [0.29, 0.717) is 19.6 Å². The van der Waals surface area contributed by atoms with E-state index in [1.54, 1.807) is 4.90 Å². The molecule has 0 heterocycles. The highest BCUT2D eigenvalue weighted by Crippen LogP contribution is 2.16. The third-order valence-electron chi connectivity index (χ3n) is 3.10. The average Bonchev–Trinajstić information content (AvgIpc) is 2.43. The molecule has 3 N–H and O–H groups in total. The number of nitrogens with zero attached hydrogens (tertiary/aromatic N) is 1. The standard InChI is InChI=1S/C17H29N3O2/c1-6-20(16(21)22-17(3,4)5)12-14-8-7-9-15(10-14)19-13(2)11-18/h7-10,13,19H,6,11-12,18H2,1-5H3. The molecule has 1 rings (SSSR count). The van der Waals surface area contributed by atoms with Crippen LogP contribution in [0.4, 0.5) is 10.5 Å². The van der Waals surface area contributed by atoms with E-state index in [2.05, 4.69) is 5.32 Å². The molecule has 0 spiro atoms. The molecule has 0 fully saturated rings. The molecule has 5 heteroatoms. The SMILES string of the molecule is CCN(Cc1cccc(NC(C)CN)c1)C(=O)OC(C)(C)C. The second-order valence-corrected chi connectivity index (χ2v) is 6.48. The van der Waals surface area contributed by atoms with Gasteiger partial charge in [-0.15, -0.1) is 0 Å². The summed E-state index contributed by atoms with van der Waals surface area (Å²) in [6.07, 6.45) is -0.288. The third kappa shape index (κ3) is 6.35. The van der Waals surface area contributed by atoms with Crippen molar-refractivity contribution in [2.75, 3.05) is 18.4 Å². The molecule has 0 saturated carbocycles. The fourth-order valence-electron chi connectivity index (χ4n) is 1.96. The molecule has 0 bridgehead atoms. The van der Waals surface area contributed by atoms with Crippen molar-refractivity contribution in [3.05, 3.63) is 29.8 Å². The molecular formula is C17H29N3O2. The van der Waals surface area contributed by atoms with Crippen LogP contribution in [-0.2, 0) is 11.3 Å². The van der Waals surface area contributed by atoms with E-state index in [1.807, 2.05) is 58.9 Å². The summed E-state index contributed by atoms with van der Waals surface area (Å²) in [5, 5.41) is 3.33. The average molecular weight is 307 g/mol. The minimum atomic E-state index is -0.482. The van der Waals surface area contributed by atoms with Crippen LogP contribution in [0.1, 0.15) is 40.2 Å². The number of amides is 1. The van der Waals surface area contributed by atoms with Gasteiger partial charge in [-0.05, 0) is 52.3 Å². The van der Waals surface area contributed by atoms with Gasteiger partial charge in [-0.25, -0.2) is 4.79 Å². The third-order valence-corrected chi connectivity index (χ3v) is 3.10. The van der Waals surface area contributed by atoms with Crippen molar-refractivity contribution < 1.29 is 9.53 Å². The molecule has 0 saturated heterocycles. The summed E-state index contributed by atoms with van der Waals surface area (Å²) in [5.74, 6) is 0. The minimum Gasteiger partial charge on any atom is -0.444 e. The Balaban J connectivity index is 2.75. The van der Waals surface area contributed by atoms with Gasteiger partial charge in [0.2, 0.25) is 0 Å². The maximum absolute atomic E-state index is 12.2. The van der Waals surface area contributed by atoms with E-state index in [4.69, 9.17) is 10.5 Å². The zero-order chi connectivity index (χ0) is 16.8. The van der Waals surface area contributed by atoms with Gasteiger partial charge in [0.1, 0.15) is 5.60 Å². The number of ether oxygens (including phenoxy) is 1. The van der Waals surface area contributed by atoms with E-state index < -0.39 is 5.60 Å². The van der Waals surface area contributed by atoms with Crippen LogP contribution in [0.5, 0.6) is 0 Å². The van der Waals surface area contributed by atoms with Gasteiger partial charge in [0, 0.05) is 31.4 Å². The van der Waals surface area contributed by atoms with E-state index in [0.717, 1.165) is 11.3 Å². The van der Waals surface area contributed by atoms with Crippen molar-refractivity contribution in [3.63, 3.8) is 0 Å². The van der Waals surface area contributed by atoms with Crippen LogP contribution in [0.3, 0.4) is 0 Å². The Morgan fingerprint density at radius 3 is 2.64 bits per heavy atom. The molecule has 5 nitrogen and oxygen atoms in total. The molecule has 0 aliphatic carbocycles. The van der Waals surface area contributed by atoms with Crippen molar-refractivity contribution >= 4 is 11.8 Å². The van der Waals surface area contributed by atoms with E-state index >= 15 is 0 Å². The Bertz CT molecular complexity index is 483. The molecule has 0 aromatic heterocycles. The molecule has 1 atom stereocenters. The van der Waals surface area contributed by atoms with E-state index in [1.165, 1.54) is 0 Å². The fourth-order valence-corrected chi connectivity index (χ4v) is 1.96. The second-order valence-electron chi connectivity index (χ2n) is 6.48. The molecular weight excluding hydrogens is 278 g/mol. The van der Waals surface area contributed by atoms with E-state index in [9.17, 15) is 4.79 Å². The smallest absolute Gasteiger partial charge is 0.410 e. The van der Waals surface area contributed by atoms with Gasteiger partial charge in [0.05, 0.1) is 0 Å². The van der Waals surface area contributed by atoms with Gasteiger partial charge in [0.15, 0.2) is 0 Å². The summed E-state index contributed by atoms with van der Waals surface area (Å²) < 4.78 is 5.43. The Kier molecular flexibility index (Phi) is 6.68. The van der Waals surface area contributed by atoms with Crippen LogP contribution in [0.2, 0.25) is 0 Å². The summed E-state index contributed by atoms with van der Waals surface area (Å²) in [4.78, 5) is 13.9. The highest BCUT2D eigenvalue weighted by molar-refractivity contribution is 5.68. The topological polar surface area (TPSA) is 67.6 Å². The first-order valence-electron chi connectivity index (χ1n) is 7.78. The van der Waals surface area contributed by atoms with Crippen molar-refractivity contribution in [1.29, 1.82) is 0 Å². The quantitative estimate of drug-likeness (QED) is 0.847. The van der Waals surface area contributed by atoms with Crippen LogP contribution < -0.4 is 11.1 Å². The van der Waals surface area contributed by atoms with Crippen LogP contribution in [0.15, 0.2) is 24.3 Å². The van der Waals surface area contributed by atoms with Crippen molar-refractivity contribution in [3.8, 4) is 0 Å². The minimum absolute atomic E-state index is 0.211. The Hall–Kier alpha value is -1.75. The summed E-state index contributed by atoms with van der Waals surface area (Å²) in [5.41, 5.74) is 7.21. The largest absolute Gasteiger partial charge is 0.444 e. The second kappa shape index (κ2) is 8.03. The Morgan fingerprint density at radius 1 is 1.41 bits per heavy atom. The van der Waals surface area contributed by atoms with E-state index in [-0.39, 0.29) is 12.1 Å². The Labute approximate surface area is 133 Å². The van der Waals surface area contributed by atoms with Gasteiger partial charge >= 0.3 is 6.09 Å². The number of rotatable bonds is 6. The van der Waals surface area contributed by atoms with Gasteiger partial charge in [-0.1, -0.05) is 12.1 Å². The molecule has 0 aliphatic rings. The van der Waals surface area contributed by atoms with Gasteiger partial charge in [-0.2, -0.15) is 0 Å². The highest BCUT2D eigenvalue weighted by atomic mass is 16.6. The first-order valence-corrected chi connectivity index (χ1v) is 7.78. The lowest BCUT2D eigenvalue weighted by atomic mass is 10.1. The number of hydrogen-bond donors (Lipinski definition) is 2. The Morgan fingerprint density at radius 2 is 2.09 bits per heavy atom. The lowest BCUT2D eigenvalue weighted by molar-refractivity contribution is 0.0244. The first kappa shape index (κ1) is 18.3. The molecule has 22 heavy (non-hydrogen) atoms. The number of nitrogens with two attached hydrogens (primary N) is 1. The number of hydrogen-bond acceptors (Lipinski definition) is 4. The van der Waals surface area contributed by atoms with Gasteiger partial charge in [0.25, 0.3) is 0 Å². The van der Waals surface area contributed by atoms with Crippen molar-refractivity contribution in [1.82, 2.24) is 4.90 Å². The predicted octanol–water partition coefficient (Wildman–Crippen LogP) is 3.20. The summed E-state index contributed by atoms with van der Waals surface area (Å²) >= 11 is 0. The fraction of sp³-hybridized carbons (Fsp3) is 0.588. The van der Waals surface area contributed by atoms with Crippen molar-refractivity contribution in [2.24, 2.45) is 5.73 Å².